The van der Waals surface area contributed by atoms with Gasteiger partial charge in [0.25, 0.3) is 0 Å². The van der Waals surface area contributed by atoms with E-state index < -0.39 is 5.91 Å². The predicted molar refractivity (Wildman–Crippen MR) is 89.6 cm³/mol. The average molecular weight is 357 g/mol. The Morgan fingerprint density at radius 1 is 1.05 bits per heavy atom. The highest BCUT2D eigenvalue weighted by atomic mass is 79.9. The van der Waals surface area contributed by atoms with Crippen molar-refractivity contribution < 1.29 is 4.79 Å². The number of nitrogen functional groups attached to an aromatic ring is 1. The van der Waals surface area contributed by atoms with Crippen LogP contribution in [0.25, 0.3) is 16.8 Å². The molecule has 3 aromatic rings. The summed E-state index contributed by atoms with van der Waals surface area (Å²) < 4.78 is 2.66. The third-order valence-corrected chi connectivity index (χ3v) is 3.89. The van der Waals surface area contributed by atoms with Crippen molar-refractivity contribution in [2.45, 2.75) is 0 Å². The van der Waals surface area contributed by atoms with Crippen LogP contribution in [-0.4, -0.2) is 15.7 Å². The lowest BCUT2D eigenvalue weighted by atomic mass is 10.1. The molecule has 0 radical (unpaired) electrons. The Morgan fingerprint density at radius 3 is 2.27 bits per heavy atom. The van der Waals surface area contributed by atoms with Crippen molar-refractivity contribution in [3.8, 4) is 16.8 Å². The number of rotatable bonds is 3. The zero-order chi connectivity index (χ0) is 15.7. The van der Waals surface area contributed by atoms with Gasteiger partial charge in [-0.05, 0) is 42.0 Å². The number of halogens is 1. The molecule has 0 aliphatic heterocycles. The molecule has 6 heteroatoms. The van der Waals surface area contributed by atoms with Gasteiger partial charge >= 0.3 is 0 Å². The summed E-state index contributed by atoms with van der Waals surface area (Å²) in [5.41, 5.74) is 14.5. The summed E-state index contributed by atoms with van der Waals surface area (Å²) >= 11 is 3.40. The van der Waals surface area contributed by atoms with Gasteiger partial charge in [0.1, 0.15) is 5.82 Å². The quantitative estimate of drug-likeness (QED) is 0.756. The molecule has 0 saturated carbocycles. The van der Waals surface area contributed by atoms with Gasteiger partial charge in [-0.25, -0.2) is 4.68 Å². The summed E-state index contributed by atoms with van der Waals surface area (Å²) in [6.07, 6.45) is 1.71. The minimum Gasteiger partial charge on any atom is -0.383 e. The molecule has 3 rings (SSSR count). The molecule has 0 saturated heterocycles. The molecule has 110 valence electrons. The Morgan fingerprint density at radius 2 is 1.68 bits per heavy atom. The maximum Gasteiger partial charge on any atom is 0.248 e. The number of carbonyl (C=O) groups is 1. The fraction of sp³-hybridized carbons (Fsp3) is 0. The van der Waals surface area contributed by atoms with Gasteiger partial charge in [-0.1, -0.05) is 28.1 Å². The first kappa shape index (κ1) is 14.3. The van der Waals surface area contributed by atoms with E-state index in [1.165, 1.54) is 0 Å². The number of hydrogen-bond acceptors (Lipinski definition) is 3. The van der Waals surface area contributed by atoms with Crippen LogP contribution >= 0.6 is 15.9 Å². The summed E-state index contributed by atoms with van der Waals surface area (Å²) in [4.78, 5) is 11.1. The molecule has 1 amide bonds. The van der Waals surface area contributed by atoms with Crippen LogP contribution in [0.3, 0.4) is 0 Å². The van der Waals surface area contributed by atoms with E-state index in [2.05, 4.69) is 21.0 Å². The van der Waals surface area contributed by atoms with Crippen molar-refractivity contribution in [3.63, 3.8) is 0 Å². The summed E-state index contributed by atoms with van der Waals surface area (Å²) in [5.74, 6) is 0.0826. The van der Waals surface area contributed by atoms with Crippen molar-refractivity contribution in [1.82, 2.24) is 9.78 Å². The van der Waals surface area contributed by atoms with Crippen LogP contribution in [0.1, 0.15) is 10.4 Å². The predicted octanol–water partition coefficient (Wildman–Crippen LogP) is 2.98. The standard InChI is InChI=1S/C16H13BrN4O/c17-12-5-7-13(8-6-12)21-15(18)14(9-20-21)10-1-3-11(4-2-10)16(19)22/h1-9H,18H2,(H2,19,22). The number of anilines is 1. The Kier molecular flexibility index (Phi) is 3.68. The van der Waals surface area contributed by atoms with Gasteiger partial charge in [-0.2, -0.15) is 5.10 Å². The second-order valence-electron chi connectivity index (χ2n) is 4.77. The number of nitrogens with zero attached hydrogens (tertiary/aromatic N) is 2. The van der Waals surface area contributed by atoms with Gasteiger partial charge in [0.2, 0.25) is 5.91 Å². The van der Waals surface area contributed by atoms with Crippen LogP contribution in [0.4, 0.5) is 5.82 Å². The number of carbonyl (C=O) groups excluding carboxylic acids is 1. The van der Waals surface area contributed by atoms with Crippen LogP contribution in [0.15, 0.2) is 59.2 Å². The lowest BCUT2D eigenvalue weighted by molar-refractivity contribution is 0.100. The number of primary amides is 1. The highest BCUT2D eigenvalue weighted by Gasteiger charge is 2.11. The Labute approximate surface area is 135 Å². The average Bonchev–Trinajstić information content (AvgIpc) is 2.90. The van der Waals surface area contributed by atoms with Gasteiger partial charge in [0, 0.05) is 15.6 Å². The highest BCUT2D eigenvalue weighted by molar-refractivity contribution is 9.10. The lowest BCUT2D eigenvalue weighted by Crippen LogP contribution is -2.10. The van der Waals surface area contributed by atoms with Crippen molar-refractivity contribution >= 4 is 27.7 Å². The summed E-state index contributed by atoms with van der Waals surface area (Å²) in [6, 6.07) is 14.7. The molecule has 1 heterocycles. The lowest BCUT2D eigenvalue weighted by Gasteiger charge is -2.06. The van der Waals surface area contributed by atoms with E-state index in [9.17, 15) is 4.79 Å². The van der Waals surface area contributed by atoms with E-state index in [0.717, 1.165) is 21.3 Å². The van der Waals surface area contributed by atoms with E-state index in [4.69, 9.17) is 11.5 Å². The monoisotopic (exact) mass is 356 g/mol. The van der Waals surface area contributed by atoms with Crippen LogP contribution < -0.4 is 11.5 Å². The van der Waals surface area contributed by atoms with Gasteiger partial charge in [-0.3, -0.25) is 4.79 Å². The second kappa shape index (κ2) is 5.65. The molecule has 0 aliphatic carbocycles. The second-order valence-corrected chi connectivity index (χ2v) is 5.69. The minimum absolute atomic E-state index is 0.454. The molecule has 4 N–H and O–H groups in total. The smallest absolute Gasteiger partial charge is 0.248 e. The third kappa shape index (κ3) is 2.60. The largest absolute Gasteiger partial charge is 0.383 e. The minimum atomic E-state index is -0.454. The molecular weight excluding hydrogens is 344 g/mol. The molecule has 0 fully saturated rings. The van der Waals surface area contributed by atoms with E-state index in [0.29, 0.717) is 11.4 Å². The van der Waals surface area contributed by atoms with Gasteiger partial charge in [0.05, 0.1) is 11.9 Å². The molecule has 2 aromatic carbocycles. The van der Waals surface area contributed by atoms with Crippen molar-refractivity contribution in [3.05, 3.63) is 64.8 Å². The topological polar surface area (TPSA) is 86.9 Å². The molecular formula is C16H13BrN4O. The Balaban J connectivity index is 1.99. The maximum absolute atomic E-state index is 11.1. The zero-order valence-electron chi connectivity index (χ0n) is 11.5. The molecule has 0 atom stereocenters. The number of amides is 1. The van der Waals surface area contributed by atoms with Crippen LogP contribution in [0.5, 0.6) is 0 Å². The van der Waals surface area contributed by atoms with Gasteiger partial charge < -0.3 is 11.5 Å². The molecule has 0 aliphatic rings. The maximum atomic E-state index is 11.1. The fourth-order valence-electron chi connectivity index (χ4n) is 2.18. The molecule has 0 spiro atoms. The third-order valence-electron chi connectivity index (χ3n) is 3.36. The summed E-state index contributed by atoms with van der Waals surface area (Å²) in [7, 11) is 0. The first-order valence-electron chi connectivity index (χ1n) is 6.56. The normalized spacial score (nSPS) is 10.6. The molecule has 1 aromatic heterocycles. The molecule has 0 unspecified atom stereocenters. The number of nitrogens with two attached hydrogens (primary N) is 2. The van der Waals surface area contributed by atoms with Gasteiger partial charge in [-0.15, -0.1) is 0 Å². The first-order chi connectivity index (χ1) is 10.6. The van der Waals surface area contributed by atoms with Gasteiger partial charge in [0.15, 0.2) is 0 Å². The van der Waals surface area contributed by atoms with Crippen LogP contribution in [0, 0.1) is 0 Å². The molecule has 0 bridgehead atoms. The Hall–Kier alpha value is -2.60. The first-order valence-corrected chi connectivity index (χ1v) is 7.35. The molecule has 5 nitrogen and oxygen atoms in total. The van der Waals surface area contributed by atoms with Crippen LogP contribution in [-0.2, 0) is 0 Å². The van der Waals surface area contributed by atoms with E-state index >= 15 is 0 Å². The highest BCUT2D eigenvalue weighted by Crippen LogP contribution is 2.28. The van der Waals surface area contributed by atoms with E-state index in [-0.39, 0.29) is 0 Å². The molecule has 22 heavy (non-hydrogen) atoms. The van der Waals surface area contributed by atoms with E-state index in [1.54, 1.807) is 35.1 Å². The Bertz CT molecular complexity index is 822. The fourth-order valence-corrected chi connectivity index (χ4v) is 2.45. The number of hydrogen-bond donors (Lipinski definition) is 2. The summed E-state index contributed by atoms with van der Waals surface area (Å²) in [5, 5.41) is 4.33. The van der Waals surface area contributed by atoms with E-state index in [1.807, 2.05) is 24.3 Å². The van der Waals surface area contributed by atoms with Crippen molar-refractivity contribution in [1.29, 1.82) is 0 Å². The number of benzene rings is 2. The van der Waals surface area contributed by atoms with Crippen molar-refractivity contribution in [2.24, 2.45) is 5.73 Å². The summed E-state index contributed by atoms with van der Waals surface area (Å²) in [6.45, 7) is 0. The van der Waals surface area contributed by atoms with Crippen molar-refractivity contribution in [2.75, 3.05) is 5.73 Å². The van der Waals surface area contributed by atoms with Crippen LogP contribution in [0.2, 0.25) is 0 Å². The number of aromatic nitrogens is 2. The SMILES string of the molecule is NC(=O)c1ccc(-c2cnn(-c3ccc(Br)cc3)c2N)cc1. The zero-order valence-corrected chi connectivity index (χ0v) is 13.1.